The third-order valence-electron chi connectivity index (χ3n) is 5.23. The van der Waals surface area contributed by atoms with Crippen LogP contribution in [0.25, 0.3) is 0 Å². The molecule has 0 bridgehead atoms. The SMILES string of the molecule is CC(C)N(c1ccc([C@H]2CCCN2C(=O)OCc2ccccc2)cn1)C(C)C. The summed E-state index contributed by atoms with van der Waals surface area (Å²) >= 11 is 0. The van der Waals surface area contributed by atoms with E-state index < -0.39 is 0 Å². The van der Waals surface area contributed by atoms with Gasteiger partial charge in [-0.1, -0.05) is 36.4 Å². The van der Waals surface area contributed by atoms with Crippen LogP contribution in [0, 0.1) is 0 Å². The number of likely N-dealkylation sites (tertiary alicyclic amines) is 1. The molecule has 1 aliphatic heterocycles. The zero-order chi connectivity index (χ0) is 20.1. The predicted octanol–water partition coefficient (Wildman–Crippen LogP) is 5.18. The third-order valence-corrected chi connectivity index (χ3v) is 5.23. The Hall–Kier alpha value is -2.56. The molecule has 150 valence electrons. The summed E-state index contributed by atoms with van der Waals surface area (Å²) in [5, 5.41) is 0. The third kappa shape index (κ3) is 4.64. The highest BCUT2D eigenvalue weighted by Gasteiger charge is 2.31. The molecule has 1 atom stereocenters. The minimum absolute atomic E-state index is 0.0383. The number of benzene rings is 1. The second-order valence-corrected chi connectivity index (χ2v) is 7.94. The van der Waals surface area contributed by atoms with E-state index in [2.05, 4.69) is 44.7 Å². The molecule has 0 saturated carbocycles. The zero-order valence-corrected chi connectivity index (χ0v) is 17.3. The summed E-state index contributed by atoms with van der Waals surface area (Å²) in [6, 6.07) is 14.8. The summed E-state index contributed by atoms with van der Waals surface area (Å²) in [5.41, 5.74) is 2.07. The first-order valence-corrected chi connectivity index (χ1v) is 10.2. The van der Waals surface area contributed by atoms with Crippen LogP contribution in [0.4, 0.5) is 10.6 Å². The highest BCUT2D eigenvalue weighted by molar-refractivity contribution is 5.68. The van der Waals surface area contributed by atoms with Crippen molar-refractivity contribution in [3.05, 3.63) is 59.8 Å². The number of amides is 1. The van der Waals surface area contributed by atoms with Gasteiger partial charge in [-0.2, -0.15) is 0 Å². The summed E-state index contributed by atoms with van der Waals surface area (Å²) in [6.07, 6.45) is 3.60. The Bertz CT molecular complexity index is 751. The minimum atomic E-state index is -0.249. The Morgan fingerprint density at radius 3 is 2.46 bits per heavy atom. The lowest BCUT2D eigenvalue weighted by Crippen LogP contribution is -2.37. The van der Waals surface area contributed by atoms with Crippen molar-refractivity contribution in [1.29, 1.82) is 0 Å². The molecule has 1 saturated heterocycles. The van der Waals surface area contributed by atoms with Crippen molar-refractivity contribution in [2.45, 2.75) is 65.3 Å². The molecule has 0 unspecified atom stereocenters. The van der Waals surface area contributed by atoms with Gasteiger partial charge in [0.25, 0.3) is 0 Å². The highest BCUT2D eigenvalue weighted by Crippen LogP contribution is 2.33. The predicted molar refractivity (Wildman–Crippen MR) is 112 cm³/mol. The van der Waals surface area contributed by atoms with Crippen LogP contribution in [-0.2, 0) is 11.3 Å². The molecule has 1 aliphatic rings. The van der Waals surface area contributed by atoms with Crippen molar-refractivity contribution in [3.63, 3.8) is 0 Å². The van der Waals surface area contributed by atoms with Gasteiger partial charge in [-0.05, 0) is 57.7 Å². The Balaban J connectivity index is 1.67. The van der Waals surface area contributed by atoms with Crippen LogP contribution in [-0.4, -0.2) is 34.6 Å². The molecular weight excluding hydrogens is 350 g/mol. The lowest BCUT2D eigenvalue weighted by Gasteiger charge is -2.32. The molecule has 1 aromatic carbocycles. The average Bonchev–Trinajstić information content (AvgIpc) is 3.17. The summed E-state index contributed by atoms with van der Waals surface area (Å²) < 4.78 is 5.55. The lowest BCUT2D eigenvalue weighted by atomic mass is 10.1. The number of aromatic nitrogens is 1. The second kappa shape index (κ2) is 9.09. The first kappa shape index (κ1) is 20.2. The molecule has 5 nitrogen and oxygen atoms in total. The maximum absolute atomic E-state index is 12.6. The fourth-order valence-electron chi connectivity index (χ4n) is 4.01. The number of hydrogen-bond acceptors (Lipinski definition) is 4. The first-order chi connectivity index (χ1) is 13.5. The number of nitrogens with zero attached hydrogens (tertiary/aromatic N) is 3. The smallest absolute Gasteiger partial charge is 0.410 e. The molecule has 5 heteroatoms. The fourth-order valence-corrected chi connectivity index (χ4v) is 4.01. The quantitative estimate of drug-likeness (QED) is 0.692. The number of ether oxygens (including phenoxy) is 1. The van der Waals surface area contributed by atoms with Crippen LogP contribution in [0.5, 0.6) is 0 Å². The molecule has 3 rings (SSSR count). The molecule has 0 radical (unpaired) electrons. The number of rotatable bonds is 6. The Kier molecular flexibility index (Phi) is 6.55. The number of carbonyl (C=O) groups excluding carboxylic acids is 1. The van der Waals surface area contributed by atoms with E-state index in [-0.39, 0.29) is 12.1 Å². The van der Waals surface area contributed by atoms with Crippen molar-refractivity contribution >= 4 is 11.9 Å². The van der Waals surface area contributed by atoms with Crippen LogP contribution in [0.3, 0.4) is 0 Å². The number of anilines is 1. The monoisotopic (exact) mass is 381 g/mol. The normalized spacial score (nSPS) is 16.6. The van der Waals surface area contributed by atoms with Gasteiger partial charge in [-0.25, -0.2) is 9.78 Å². The van der Waals surface area contributed by atoms with E-state index in [1.165, 1.54) is 0 Å². The van der Waals surface area contributed by atoms with Gasteiger partial charge >= 0.3 is 6.09 Å². The molecule has 0 spiro atoms. The molecule has 1 amide bonds. The summed E-state index contributed by atoms with van der Waals surface area (Å²) in [7, 11) is 0. The molecule has 0 aliphatic carbocycles. The van der Waals surface area contributed by atoms with E-state index in [4.69, 9.17) is 9.72 Å². The number of carbonyl (C=O) groups is 1. The van der Waals surface area contributed by atoms with Crippen molar-refractivity contribution < 1.29 is 9.53 Å². The Morgan fingerprint density at radius 2 is 1.86 bits per heavy atom. The number of pyridine rings is 1. The van der Waals surface area contributed by atoms with E-state index in [0.717, 1.165) is 36.3 Å². The molecular formula is C23H31N3O2. The van der Waals surface area contributed by atoms with Crippen LogP contribution >= 0.6 is 0 Å². The van der Waals surface area contributed by atoms with Gasteiger partial charge < -0.3 is 14.5 Å². The summed E-state index contributed by atoms with van der Waals surface area (Å²) in [5.74, 6) is 0.977. The summed E-state index contributed by atoms with van der Waals surface area (Å²) in [6.45, 7) is 9.74. The molecule has 2 aromatic rings. The van der Waals surface area contributed by atoms with Crippen molar-refractivity contribution in [1.82, 2.24) is 9.88 Å². The average molecular weight is 382 g/mol. The van der Waals surface area contributed by atoms with Gasteiger partial charge in [0.1, 0.15) is 12.4 Å². The zero-order valence-electron chi connectivity index (χ0n) is 17.3. The van der Waals surface area contributed by atoms with Crippen LogP contribution in [0.15, 0.2) is 48.7 Å². The van der Waals surface area contributed by atoms with Crippen LogP contribution in [0.1, 0.15) is 57.7 Å². The largest absolute Gasteiger partial charge is 0.445 e. The molecule has 1 fully saturated rings. The van der Waals surface area contributed by atoms with Gasteiger partial charge in [0.15, 0.2) is 0 Å². The van der Waals surface area contributed by atoms with Crippen molar-refractivity contribution in [2.24, 2.45) is 0 Å². The molecule has 28 heavy (non-hydrogen) atoms. The van der Waals surface area contributed by atoms with E-state index in [9.17, 15) is 4.79 Å². The standard InChI is InChI=1S/C23H31N3O2/c1-17(2)26(18(3)4)22-13-12-20(15-24-22)21-11-8-14-25(21)23(27)28-16-19-9-6-5-7-10-19/h5-7,9-10,12-13,15,17-18,21H,8,11,14,16H2,1-4H3/t21-/m1/s1. The van der Waals surface area contributed by atoms with Crippen LogP contribution < -0.4 is 4.90 Å². The van der Waals surface area contributed by atoms with Gasteiger partial charge in [-0.3, -0.25) is 0 Å². The molecule has 2 heterocycles. The van der Waals surface area contributed by atoms with E-state index in [0.29, 0.717) is 18.7 Å². The topological polar surface area (TPSA) is 45.7 Å². The van der Waals surface area contributed by atoms with Gasteiger partial charge in [0, 0.05) is 24.8 Å². The Labute approximate surface area is 168 Å². The fraction of sp³-hybridized carbons (Fsp3) is 0.478. The molecule has 1 aromatic heterocycles. The second-order valence-electron chi connectivity index (χ2n) is 7.94. The van der Waals surface area contributed by atoms with Gasteiger partial charge in [-0.15, -0.1) is 0 Å². The van der Waals surface area contributed by atoms with E-state index in [1.54, 1.807) is 0 Å². The Morgan fingerprint density at radius 1 is 1.14 bits per heavy atom. The first-order valence-electron chi connectivity index (χ1n) is 10.2. The summed E-state index contributed by atoms with van der Waals surface area (Å²) in [4.78, 5) is 21.5. The van der Waals surface area contributed by atoms with Gasteiger partial charge in [0.05, 0.1) is 6.04 Å². The van der Waals surface area contributed by atoms with E-state index in [1.807, 2.05) is 41.4 Å². The van der Waals surface area contributed by atoms with Crippen LogP contribution in [0.2, 0.25) is 0 Å². The molecule has 0 N–H and O–H groups in total. The lowest BCUT2D eigenvalue weighted by molar-refractivity contribution is 0.0920. The maximum atomic E-state index is 12.6. The minimum Gasteiger partial charge on any atom is -0.445 e. The highest BCUT2D eigenvalue weighted by atomic mass is 16.6. The van der Waals surface area contributed by atoms with Crippen molar-refractivity contribution in [3.8, 4) is 0 Å². The van der Waals surface area contributed by atoms with Gasteiger partial charge in [0.2, 0.25) is 0 Å². The number of hydrogen-bond donors (Lipinski definition) is 0. The van der Waals surface area contributed by atoms with E-state index >= 15 is 0 Å². The maximum Gasteiger partial charge on any atom is 0.410 e. The van der Waals surface area contributed by atoms with Crippen molar-refractivity contribution in [2.75, 3.05) is 11.4 Å².